The van der Waals surface area contributed by atoms with E-state index in [0.717, 1.165) is 21.1 Å². The molecule has 0 unspecified atom stereocenters. The Morgan fingerprint density at radius 2 is 2.26 bits per heavy atom. The Balaban J connectivity index is 2.22. The molecular formula is C14H14FI2NO. The standard InChI is InChI=1S/C14H14FI2NO/c1-16-8-11-3-2-10(6-13(11)15)7-14-12(9-19)4-5-18-17-14/h2-6,19H,1,7-9H2. The summed E-state index contributed by atoms with van der Waals surface area (Å²) in [6, 6.07) is 5.45. The number of hydrogen-bond donors (Lipinski definition) is 1. The summed E-state index contributed by atoms with van der Waals surface area (Å²) in [5, 5.41) is 9.30. The van der Waals surface area contributed by atoms with E-state index in [1.807, 2.05) is 18.2 Å². The number of benzene rings is 1. The summed E-state index contributed by atoms with van der Waals surface area (Å²) in [4.78, 5) is 0. The highest BCUT2D eigenvalue weighted by Crippen LogP contribution is 2.29. The van der Waals surface area contributed by atoms with Crippen LogP contribution in [-0.4, -0.2) is 16.2 Å². The monoisotopic (exact) mass is 485 g/mol. The molecule has 0 saturated carbocycles. The minimum absolute atomic E-state index is 0.0353. The zero-order valence-corrected chi connectivity index (χ0v) is 14.6. The van der Waals surface area contributed by atoms with Crippen molar-refractivity contribution in [3.8, 4) is 0 Å². The van der Waals surface area contributed by atoms with Crippen LogP contribution in [0.25, 0.3) is 0 Å². The molecule has 0 atom stereocenters. The molecule has 1 aromatic rings. The Bertz CT molecular complexity index is 579. The summed E-state index contributed by atoms with van der Waals surface area (Å²) in [6.45, 7) is 0.0353. The molecule has 5 heteroatoms. The number of rotatable bonds is 5. The van der Waals surface area contributed by atoms with Crippen molar-refractivity contribution >= 4 is 46.3 Å². The highest BCUT2D eigenvalue weighted by Gasteiger charge is 2.09. The van der Waals surface area contributed by atoms with Crippen molar-refractivity contribution in [1.82, 2.24) is 0 Å². The summed E-state index contributed by atoms with van der Waals surface area (Å²) in [5.74, 6) is -0.131. The molecule has 2 nitrogen and oxygen atoms in total. The van der Waals surface area contributed by atoms with Gasteiger partial charge in [0, 0.05) is 41.7 Å². The van der Waals surface area contributed by atoms with Crippen LogP contribution in [0.3, 0.4) is 0 Å². The van der Waals surface area contributed by atoms with Gasteiger partial charge in [0.1, 0.15) is 5.82 Å². The van der Waals surface area contributed by atoms with Crippen LogP contribution < -0.4 is 0 Å². The first-order valence-corrected chi connectivity index (χ1v) is 10.8. The molecule has 1 N–H and O–H groups in total. The summed E-state index contributed by atoms with van der Waals surface area (Å²) in [7, 11) is 0. The third-order valence-corrected chi connectivity index (χ3v) is 6.33. The summed E-state index contributed by atoms with van der Waals surface area (Å²) >= 11 is -0.594. The van der Waals surface area contributed by atoms with Crippen molar-refractivity contribution in [2.75, 3.05) is 6.61 Å². The first-order chi connectivity index (χ1) is 9.24. The van der Waals surface area contributed by atoms with Gasteiger partial charge in [-0.15, -0.1) is 20.7 Å². The number of halogens is 3. The second-order valence-corrected chi connectivity index (χ2v) is 8.19. The third kappa shape index (κ3) is 4.09. The first-order valence-electron chi connectivity index (χ1n) is 5.68. The van der Waals surface area contributed by atoms with Crippen LogP contribution >= 0.6 is 41.8 Å². The van der Waals surface area contributed by atoms with E-state index in [-0.39, 0.29) is 33.2 Å². The molecule has 0 bridgehead atoms. The number of allylic oxidation sites excluding steroid dienone is 1. The number of hydrogen-bond acceptors (Lipinski definition) is 2. The van der Waals surface area contributed by atoms with Gasteiger partial charge in [0.2, 0.25) is 0 Å². The van der Waals surface area contributed by atoms with E-state index in [2.05, 4.69) is 7.66 Å². The topological polar surface area (TPSA) is 32.6 Å². The molecule has 0 aromatic heterocycles. The van der Waals surface area contributed by atoms with Crippen LogP contribution in [0.2, 0.25) is 0 Å². The fourth-order valence-electron chi connectivity index (χ4n) is 1.72. The minimum Gasteiger partial charge on any atom is -0.392 e. The van der Waals surface area contributed by atoms with Gasteiger partial charge < -0.3 is 5.11 Å². The normalized spacial score (nSPS) is 14.6. The van der Waals surface area contributed by atoms with Gasteiger partial charge in [-0.05, 0) is 28.8 Å². The predicted molar refractivity (Wildman–Crippen MR) is 94.6 cm³/mol. The van der Waals surface area contributed by atoms with Gasteiger partial charge >= 0.3 is 0 Å². The number of aliphatic hydroxyl groups excluding tert-OH is 1. The lowest BCUT2D eigenvalue weighted by Crippen LogP contribution is -1.97. The van der Waals surface area contributed by atoms with E-state index in [9.17, 15) is 9.50 Å². The smallest absolute Gasteiger partial charge is 0.127 e. The van der Waals surface area contributed by atoms with Crippen LogP contribution in [0.1, 0.15) is 11.1 Å². The predicted octanol–water partition coefficient (Wildman–Crippen LogP) is 4.20. The number of alkyl halides is 1. The molecule has 2 rings (SSSR count). The lowest BCUT2D eigenvalue weighted by Gasteiger charge is -2.09. The molecule has 0 aliphatic carbocycles. The Labute approximate surface area is 132 Å². The van der Waals surface area contributed by atoms with Gasteiger partial charge in [-0.1, -0.05) is 16.6 Å². The van der Waals surface area contributed by atoms with Gasteiger partial charge in [0.25, 0.3) is 0 Å². The van der Waals surface area contributed by atoms with Gasteiger partial charge in [-0.3, -0.25) is 0 Å². The molecule has 0 saturated heterocycles. The highest BCUT2D eigenvalue weighted by molar-refractivity contribution is 14.2. The van der Waals surface area contributed by atoms with E-state index >= 15 is 0 Å². The van der Waals surface area contributed by atoms with Gasteiger partial charge in [-0.2, -0.15) is 0 Å². The lowest BCUT2D eigenvalue weighted by molar-refractivity contribution is 0.334. The van der Waals surface area contributed by atoms with Crippen LogP contribution in [0.5, 0.6) is 0 Å². The van der Waals surface area contributed by atoms with Crippen molar-refractivity contribution < 1.29 is 9.50 Å². The van der Waals surface area contributed by atoms with E-state index in [1.54, 1.807) is 12.3 Å². The molecule has 0 fully saturated rings. The molecular weight excluding hydrogens is 471 g/mol. The summed E-state index contributed by atoms with van der Waals surface area (Å²) in [6.07, 6.45) is 4.29. The fourth-order valence-corrected chi connectivity index (χ4v) is 4.85. The first kappa shape index (κ1) is 15.1. The second-order valence-electron chi connectivity index (χ2n) is 4.01. The molecule has 0 spiro atoms. The van der Waals surface area contributed by atoms with Crippen molar-refractivity contribution in [2.24, 2.45) is 3.15 Å². The van der Waals surface area contributed by atoms with Crippen molar-refractivity contribution in [2.45, 2.75) is 10.8 Å². The molecule has 1 aromatic carbocycles. The fraction of sp³-hybridized carbons (Fsp3) is 0.214. The minimum atomic E-state index is -0.418. The van der Waals surface area contributed by atoms with Gasteiger partial charge in [-0.25, -0.2) is 7.54 Å². The molecule has 1 aliphatic heterocycles. The Hall–Kier alpha value is -0.280. The maximum Gasteiger partial charge on any atom is 0.127 e. The Morgan fingerprint density at radius 1 is 1.42 bits per heavy atom. The van der Waals surface area contributed by atoms with E-state index < -0.39 is 21.0 Å². The van der Waals surface area contributed by atoms with Crippen molar-refractivity contribution in [3.63, 3.8) is 0 Å². The largest absolute Gasteiger partial charge is 0.392 e. The Kier molecular flexibility index (Phi) is 5.96. The van der Waals surface area contributed by atoms with Crippen LogP contribution in [0.15, 0.2) is 42.8 Å². The van der Waals surface area contributed by atoms with Crippen LogP contribution in [0.4, 0.5) is 4.39 Å². The average molecular weight is 485 g/mol. The van der Waals surface area contributed by atoms with E-state index in [1.165, 1.54) is 3.58 Å². The third-order valence-electron chi connectivity index (χ3n) is 2.72. The van der Waals surface area contributed by atoms with Gasteiger partial charge in [0.05, 0.1) is 6.61 Å². The highest BCUT2D eigenvalue weighted by atomic mass is 127. The van der Waals surface area contributed by atoms with Crippen molar-refractivity contribution in [3.05, 3.63) is 56.6 Å². The summed E-state index contributed by atoms with van der Waals surface area (Å²) < 4.78 is 23.9. The maximum absolute atomic E-state index is 13.9. The molecule has 1 heterocycles. The molecule has 1 aliphatic rings. The average Bonchev–Trinajstić information content (AvgIpc) is 2.43. The maximum atomic E-state index is 13.9. The lowest BCUT2D eigenvalue weighted by atomic mass is 10.1. The van der Waals surface area contributed by atoms with Crippen LogP contribution in [0, 0.1) is 5.82 Å². The number of nitrogens with zero attached hydrogens (tertiary/aromatic N) is 1. The van der Waals surface area contributed by atoms with Gasteiger partial charge in [0.15, 0.2) is 0 Å². The van der Waals surface area contributed by atoms with E-state index in [0.29, 0.717) is 6.42 Å². The molecule has 0 radical (unpaired) electrons. The summed E-state index contributed by atoms with van der Waals surface area (Å²) in [5.41, 5.74) is 2.66. The SMILES string of the molecule is C=ICc1ccc(CC2=C(CO)C=CN=I2)cc1F. The zero-order valence-electron chi connectivity index (χ0n) is 10.2. The number of aliphatic hydroxyl groups is 1. The molecule has 102 valence electrons. The second kappa shape index (κ2) is 7.49. The van der Waals surface area contributed by atoms with Crippen molar-refractivity contribution in [1.29, 1.82) is 0 Å². The van der Waals surface area contributed by atoms with E-state index in [4.69, 9.17) is 0 Å². The molecule has 0 amide bonds. The quantitative estimate of drug-likeness (QED) is 0.493. The Morgan fingerprint density at radius 3 is 2.95 bits per heavy atom. The molecule has 19 heavy (non-hydrogen) atoms. The zero-order chi connectivity index (χ0) is 13.7. The van der Waals surface area contributed by atoms with Crippen LogP contribution in [-0.2, 0) is 10.8 Å².